The summed E-state index contributed by atoms with van der Waals surface area (Å²) in [6.07, 6.45) is -3.16. The Morgan fingerprint density at radius 2 is 2.03 bits per heavy atom. The van der Waals surface area contributed by atoms with Crippen LogP contribution in [0.4, 0.5) is 19.0 Å². The Balaban J connectivity index is 1.50. The maximum Gasteiger partial charge on any atom is 0.573 e. The molecule has 4 aromatic rings. The molecule has 3 heterocycles. The highest BCUT2D eigenvalue weighted by Crippen LogP contribution is 2.41. The summed E-state index contributed by atoms with van der Waals surface area (Å²) in [7, 11) is 0. The minimum Gasteiger partial charge on any atom is -0.492 e. The summed E-state index contributed by atoms with van der Waals surface area (Å²) in [4.78, 5) is 23.6. The number of H-pyrrole nitrogens is 1. The first-order valence-electron chi connectivity index (χ1n) is 10.2. The number of benzene rings is 1. The van der Waals surface area contributed by atoms with E-state index >= 15 is 0 Å². The van der Waals surface area contributed by atoms with Crippen LogP contribution in [0, 0.1) is 0 Å². The lowest BCUT2D eigenvalue weighted by molar-refractivity contribution is -0.274. The molecule has 0 atom stereocenters. The predicted octanol–water partition coefficient (Wildman–Crippen LogP) is 5.26. The van der Waals surface area contributed by atoms with E-state index in [0.29, 0.717) is 45.3 Å². The maximum atomic E-state index is 12.7. The zero-order valence-electron chi connectivity index (χ0n) is 18.0. The molecule has 0 saturated carbocycles. The van der Waals surface area contributed by atoms with Gasteiger partial charge in [0.2, 0.25) is 0 Å². The second kappa shape index (κ2) is 10.5. The van der Waals surface area contributed by atoms with Crippen LogP contribution >= 0.6 is 27.3 Å². The average molecular weight is 572 g/mol. The molecular weight excluding hydrogens is 555 g/mol. The lowest BCUT2D eigenvalue weighted by Crippen LogP contribution is -2.18. The Kier molecular flexibility index (Phi) is 7.40. The van der Waals surface area contributed by atoms with Gasteiger partial charge in [-0.05, 0) is 31.0 Å². The van der Waals surface area contributed by atoms with Crippen molar-refractivity contribution in [1.29, 1.82) is 0 Å². The lowest BCUT2D eigenvalue weighted by Gasteiger charge is -2.14. The summed E-state index contributed by atoms with van der Waals surface area (Å²) < 4.78 is 53.0. The number of nitrogens with one attached hydrogen (secondary N) is 2. The molecule has 0 saturated heterocycles. The summed E-state index contributed by atoms with van der Waals surface area (Å²) in [5, 5.41) is 6.80. The number of rotatable bonds is 9. The van der Waals surface area contributed by atoms with Crippen LogP contribution in [0.3, 0.4) is 0 Å². The Hall–Kier alpha value is -3.39. The van der Waals surface area contributed by atoms with Gasteiger partial charge in [-0.3, -0.25) is 9.51 Å². The first kappa shape index (κ1) is 24.7. The van der Waals surface area contributed by atoms with Crippen LogP contribution in [0.1, 0.15) is 12.5 Å². The molecule has 0 aliphatic heterocycles. The standard InChI is InChI=1S/C21H17BrF3N5O4S/c1-2-32-15-9-16(35-18(15)19-29-20(31)34-30-19)13-8-17(28-10-27-13)26-6-5-11-3-4-12(22)7-14(11)33-21(23,24)25/h3-4,7-10H,2,5-6H2,1H3,(H,26,27,28)(H,29,30,31). The predicted molar refractivity (Wildman–Crippen MR) is 126 cm³/mol. The first-order chi connectivity index (χ1) is 16.7. The van der Waals surface area contributed by atoms with Gasteiger partial charge >= 0.3 is 12.1 Å². The summed E-state index contributed by atoms with van der Waals surface area (Å²) in [6, 6.07) is 7.96. The van der Waals surface area contributed by atoms with Crippen LogP contribution in [0.15, 0.2) is 50.4 Å². The molecule has 14 heteroatoms. The maximum absolute atomic E-state index is 12.7. The van der Waals surface area contributed by atoms with E-state index in [1.165, 1.54) is 23.7 Å². The zero-order chi connectivity index (χ0) is 25.0. The highest BCUT2D eigenvalue weighted by atomic mass is 79.9. The number of halogens is 4. The van der Waals surface area contributed by atoms with Gasteiger partial charge in [0.25, 0.3) is 0 Å². The third kappa shape index (κ3) is 6.39. The van der Waals surface area contributed by atoms with Crippen molar-refractivity contribution in [2.45, 2.75) is 19.7 Å². The number of nitrogens with zero attached hydrogens (tertiary/aromatic N) is 3. The molecular formula is C21H17BrF3N5O4S. The van der Waals surface area contributed by atoms with Crippen molar-refractivity contribution in [1.82, 2.24) is 20.1 Å². The molecule has 184 valence electrons. The monoisotopic (exact) mass is 571 g/mol. The zero-order valence-corrected chi connectivity index (χ0v) is 20.4. The van der Waals surface area contributed by atoms with E-state index < -0.39 is 12.1 Å². The van der Waals surface area contributed by atoms with Gasteiger partial charge in [-0.2, -0.15) is 0 Å². The topological polar surface area (TPSA) is 115 Å². The van der Waals surface area contributed by atoms with Gasteiger partial charge in [0.1, 0.15) is 28.5 Å². The normalized spacial score (nSPS) is 11.5. The lowest BCUT2D eigenvalue weighted by atomic mass is 10.1. The highest BCUT2D eigenvalue weighted by molar-refractivity contribution is 9.10. The first-order valence-corrected chi connectivity index (χ1v) is 11.8. The third-order valence-corrected chi connectivity index (χ3v) is 6.17. The second-order valence-electron chi connectivity index (χ2n) is 6.95. The molecule has 9 nitrogen and oxygen atoms in total. The molecule has 1 aromatic carbocycles. The van der Waals surface area contributed by atoms with Crippen molar-refractivity contribution in [2.24, 2.45) is 0 Å². The molecule has 0 fully saturated rings. The molecule has 2 N–H and O–H groups in total. The van der Waals surface area contributed by atoms with Crippen molar-refractivity contribution < 1.29 is 27.2 Å². The molecule has 0 bridgehead atoms. The fourth-order valence-corrected chi connectivity index (χ4v) is 4.47. The SMILES string of the molecule is CCOc1cc(-c2cc(NCCc3ccc(Br)cc3OC(F)(F)F)ncn2)sc1-c1noc(=O)[nH]1. The molecule has 0 amide bonds. The van der Waals surface area contributed by atoms with Gasteiger partial charge < -0.3 is 14.8 Å². The molecule has 4 rings (SSSR count). The number of aromatic nitrogens is 4. The third-order valence-electron chi connectivity index (χ3n) is 4.53. The van der Waals surface area contributed by atoms with E-state index in [2.05, 4.69) is 50.6 Å². The molecule has 35 heavy (non-hydrogen) atoms. The van der Waals surface area contributed by atoms with Crippen molar-refractivity contribution in [3.05, 3.63) is 57.2 Å². The molecule has 0 aliphatic rings. The molecule has 0 radical (unpaired) electrons. The van der Waals surface area contributed by atoms with Crippen molar-refractivity contribution in [3.63, 3.8) is 0 Å². The van der Waals surface area contributed by atoms with Gasteiger partial charge in [-0.25, -0.2) is 14.8 Å². The van der Waals surface area contributed by atoms with Crippen LogP contribution in [-0.4, -0.2) is 39.6 Å². The largest absolute Gasteiger partial charge is 0.573 e. The van der Waals surface area contributed by atoms with Crippen molar-refractivity contribution in [3.8, 4) is 32.8 Å². The Bertz CT molecular complexity index is 1370. The van der Waals surface area contributed by atoms with Crippen LogP contribution in [0.2, 0.25) is 0 Å². The van der Waals surface area contributed by atoms with Gasteiger partial charge in [-0.1, -0.05) is 27.2 Å². The minimum atomic E-state index is -4.79. The van der Waals surface area contributed by atoms with E-state index in [9.17, 15) is 18.0 Å². The Morgan fingerprint density at radius 3 is 2.74 bits per heavy atom. The number of alkyl halides is 3. The van der Waals surface area contributed by atoms with E-state index in [1.54, 1.807) is 24.3 Å². The van der Waals surface area contributed by atoms with E-state index in [-0.39, 0.29) is 18.0 Å². The van der Waals surface area contributed by atoms with Gasteiger partial charge in [0.05, 0.1) is 17.2 Å². The average Bonchev–Trinajstić information content (AvgIpc) is 3.41. The fraction of sp³-hybridized carbons (Fsp3) is 0.238. The number of hydrogen-bond acceptors (Lipinski definition) is 9. The molecule has 0 spiro atoms. The quantitative estimate of drug-likeness (QED) is 0.279. The van der Waals surface area contributed by atoms with Crippen LogP contribution in [0.5, 0.6) is 11.5 Å². The van der Waals surface area contributed by atoms with Crippen LogP contribution in [-0.2, 0) is 6.42 Å². The molecule has 0 aliphatic carbocycles. The highest BCUT2D eigenvalue weighted by Gasteiger charge is 2.32. The number of ether oxygens (including phenoxy) is 2. The smallest absolute Gasteiger partial charge is 0.492 e. The summed E-state index contributed by atoms with van der Waals surface area (Å²) >= 11 is 4.45. The van der Waals surface area contributed by atoms with E-state index in [1.807, 2.05) is 6.92 Å². The Labute approximate surface area is 208 Å². The van der Waals surface area contributed by atoms with E-state index in [0.717, 1.165) is 4.88 Å². The van der Waals surface area contributed by atoms with Crippen molar-refractivity contribution >= 4 is 33.1 Å². The Morgan fingerprint density at radius 1 is 1.20 bits per heavy atom. The summed E-state index contributed by atoms with van der Waals surface area (Å²) in [5.41, 5.74) is 0.966. The summed E-state index contributed by atoms with van der Waals surface area (Å²) in [5.74, 6) is 0.289. The minimum absolute atomic E-state index is 0.244. The van der Waals surface area contributed by atoms with Crippen molar-refractivity contribution in [2.75, 3.05) is 18.5 Å². The van der Waals surface area contributed by atoms with Crippen LogP contribution in [0.25, 0.3) is 21.3 Å². The number of aromatic amines is 1. The van der Waals surface area contributed by atoms with Crippen LogP contribution < -0.4 is 20.5 Å². The number of thiophene rings is 1. The number of hydrogen-bond donors (Lipinski definition) is 2. The fourth-order valence-electron chi connectivity index (χ4n) is 3.12. The van der Waals surface area contributed by atoms with Gasteiger partial charge in [0.15, 0.2) is 5.82 Å². The number of anilines is 1. The van der Waals surface area contributed by atoms with Gasteiger partial charge in [-0.15, -0.1) is 24.5 Å². The van der Waals surface area contributed by atoms with E-state index in [4.69, 9.17) is 4.74 Å². The molecule has 0 unspecified atom stereocenters. The second-order valence-corrected chi connectivity index (χ2v) is 8.91. The molecule has 3 aromatic heterocycles. The summed E-state index contributed by atoms with van der Waals surface area (Å²) in [6.45, 7) is 2.53. The van der Waals surface area contributed by atoms with Gasteiger partial charge in [0, 0.05) is 23.2 Å².